The van der Waals surface area contributed by atoms with Crippen LogP contribution in [0.2, 0.25) is 0 Å². The molecule has 0 unspecified atom stereocenters. The van der Waals surface area contributed by atoms with Gasteiger partial charge in [-0.15, -0.1) is 0 Å². The molecule has 0 heterocycles. The summed E-state index contributed by atoms with van der Waals surface area (Å²) in [4.78, 5) is 12.2. The van der Waals surface area contributed by atoms with Crippen LogP contribution in [0.4, 0.5) is 5.69 Å². The van der Waals surface area contributed by atoms with E-state index in [4.69, 9.17) is 9.47 Å². The minimum absolute atomic E-state index is 0.0288. The van der Waals surface area contributed by atoms with Gasteiger partial charge in [-0.1, -0.05) is 15.9 Å². The molecule has 0 aliphatic rings. The molecule has 0 saturated carbocycles. The molecule has 0 aliphatic heterocycles. The quantitative estimate of drug-likeness (QED) is 0.635. The normalized spacial score (nSPS) is 11.3. The average Bonchev–Trinajstić information content (AvgIpc) is 2.60. The van der Waals surface area contributed by atoms with E-state index in [0.29, 0.717) is 11.5 Å². The van der Waals surface area contributed by atoms with Crippen LogP contribution in [0, 0.1) is 0 Å². The highest BCUT2D eigenvalue weighted by Gasteiger charge is 2.18. The Hall–Kier alpha value is -2.10. The Kier molecular flexibility index (Phi) is 7.23. The Morgan fingerprint density at radius 2 is 1.81 bits per heavy atom. The summed E-state index contributed by atoms with van der Waals surface area (Å²) >= 11 is 3.32. The molecule has 9 heteroatoms. The minimum Gasteiger partial charge on any atom is -0.495 e. The van der Waals surface area contributed by atoms with E-state index in [-0.39, 0.29) is 23.2 Å². The number of rotatable bonds is 8. The summed E-state index contributed by atoms with van der Waals surface area (Å²) in [6.45, 7) is 3.22. The molecule has 2 aromatic rings. The SMILES string of the molecule is COc1ccc(S(=O)(=O)NC(C)C)cc1NC(=O)COc1ccc(Br)cc1. The number of sulfonamides is 1. The second-order valence-corrected chi connectivity index (χ2v) is 8.56. The zero-order valence-corrected chi connectivity index (χ0v) is 17.6. The smallest absolute Gasteiger partial charge is 0.262 e. The van der Waals surface area contributed by atoms with Crippen molar-refractivity contribution in [2.45, 2.75) is 24.8 Å². The second kappa shape index (κ2) is 9.20. The van der Waals surface area contributed by atoms with Crippen LogP contribution in [0.3, 0.4) is 0 Å². The lowest BCUT2D eigenvalue weighted by atomic mass is 10.3. The fraction of sp³-hybridized carbons (Fsp3) is 0.278. The van der Waals surface area contributed by atoms with E-state index in [2.05, 4.69) is 26.0 Å². The maximum atomic E-state index is 12.3. The molecule has 0 fully saturated rings. The maximum Gasteiger partial charge on any atom is 0.262 e. The van der Waals surface area contributed by atoms with Gasteiger partial charge in [-0.05, 0) is 56.3 Å². The van der Waals surface area contributed by atoms with Gasteiger partial charge in [0, 0.05) is 10.5 Å². The van der Waals surface area contributed by atoms with E-state index < -0.39 is 15.9 Å². The highest BCUT2D eigenvalue weighted by Crippen LogP contribution is 2.27. The van der Waals surface area contributed by atoms with Crippen molar-refractivity contribution in [3.05, 3.63) is 46.9 Å². The largest absolute Gasteiger partial charge is 0.495 e. The summed E-state index contributed by atoms with van der Waals surface area (Å²) in [6.07, 6.45) is 0. The van der Waals surface area contributed by atoms with Gasteiger partial charge in [0.1, 0.15) is 11.5 Å². The molecule has 2 N–H and O–H groups in total. The number of carbonyl (C=O) groups is 1. The zero-order chi connectivity index (χ0) is 20.0. The number of methoxy groups -OCH3 is 1. The summed E-state index contributed by atoms with van der Waals surface area (Å²) in [5.41, 5.74) is 0.244. The zero-order valence-electron chi connectivity index (χ0n) is 15.2. The molecule has 0 atom stereocenters. The summed E-state index contributed by atoms with van der Waals surface area (Å²) in [5.74, 6) is 0.441. The van der Waals surface area contributed by atoms with Gasteiger partial charge in [-0.25, -0.2) is 13.1 Å². The molecule has 146 valence electrons. The van der Waals surface area contributed by atoms with Crippen molar-refractivity contribution in [3.63, 3.8) is 0 Å². The van der Waals surface area contributed by atoms with Crippen LogP contribution in [0.1, 0.15) is 13.8 Å². The third-order valence-electron chi connectivity index (χ3n) is 3.33. The van der Waals surface area contributed by atoms with Crippen molar-refractivity contribution >= 4 is 37.5 Å². The summed E-state index contributed by atoms with van der Waals surface area (Å²) < 4.78 is 38.7. The van der Waals surface area contributed by atoms with Crippen molar-refractivity contribution < 1.29 is 22.7 Å². The fourth-order valence-corrected chi connectivity index (χ4v) is 3.74. The Labute approximate surface area is 167 Å². The number of nitrogens with one attached hydrogen (secondary N) is 2. The predicted molar refractivity (Wildman–Crippen MR) is 107 cm³/mol. The van der Waals surface area contributed by atoms with E-state index in [0.717, 1.165) is 4.47 Å². The van der Waals surface area contributed by atoms with Crippen molar-refractivity contribution in [2.24, 2.45) is 0 Å². The third-order valence-corrected chi connectivity index (χ3v) is 5.51. The number of carbonyl (C=O) groups excluding carboxylic acids is 1. The Balaban J connectivity index is 2.12. The highest BCUT2D eigenvalue weighted by atomic mass is 79.9. The lowest BCUT2D eigenvalue weighted by molar-refractivity contribution is -0.118. The van der Waals surface area contributed by atoms with Crippen LogP contribution < -0.4 is 19.5 Å². The number of hydrogen-bond donors (Lipinski definition) is 2. The molecule has 0 bridgehead atoms. The molecule has 0 aliphatic carbocycles. The molecular formula is C18H21BrN2O5S. The maximum absolute atomic E-state index is 12.3. The number of hydrogen-bond acceptors (Lipinski definition) is 5. The molecular weight excluding hydrogens is 436 g/mol. The van der Waals surface area contributed by atoms with Gasteiger partial charge in [-0.2, -0.15) is 0 Å². The first-order chi connectivity index (χ1) is 12.7. The van der Waals surface area contributed by atoms with E-state index in [9.17, 15) is 13.2 Å². The first kappa shape index (κ1) is 21.2. The molecule has 27 heavy (non-hydrogen) atoms. The van der Waals surface area contributed by atoms with Gasteiger partial charge in [-0.3, -0.25) is 4.79 Å². The van der Waals surface area contributed by atoms with Gasteiger partial charge in [0.2, 0.25) is 10.0 Å². The lowest BCUT2D eigenvalue weighted by Crippen LogP contribution is -2.30. The highest BCUT2D eigenvalue weighted by molar-refractivity contribution is 9.10. The van der Waals surface area contributed by atoms with Gasteiger partial charge >= 0.3 is 0 Å². The number of benzene rings is 2. The Morgan fingerprint density at radius 1 is 1.15 bits per heavy atom. The van der Waals surface area contributed by atoms with Gasteiger partial charge < -0.3 is 14.8 Å². The molecule has 0 saturated heterocycles. The van der Waals surface area contributed by atoms with Gasteiger partial charge in [0.05, 0.1) is 17.7 Å². The van der Waals surface area contributed by atoms with Gasteiger partial charge in [0.25, 0.3) is 5.91 Å². The molecule has 0 radical (unpaired) electrons. The Bertz CT molecular complexity index is 898. The molecule has 7 nitrogen and oxygen atoms in total. The molecule has 2 rings (SSSR count). The number of anilines is 1. The molecule has 0 spiro atoms. The van der Waals surface area contributed by atoms with E-state index in [1.807, 2.05) is 0 Å². The van der Waals surface area contributed by atoms with Crippen molar-refractivity contribution in [2.75, 3.05) is 19.0 Å². The van der Waals surface area contributed by atoms with Crippen LogP contribution >= 0.6 is 15.9 Å². The standard InChI is InChI=1S/C18H21BrN2O5S/c1-12(2)21-27(23,24)15-8-9-17(25-3)16(10-15)20-18(22)11-26-14-6-4-13(19)5-7-14/h4-10,12,21H,11H2,1-3H3,(H,20,22). The van der Waals surface area contributed by atoms with Crippen molar-refractivity contribution in [1.82, 2.24) is 4.72 Å². The third kappa shape index (κ3) is 6.23. The summed E-state index contributed by atoms with van der Waals surface area (Å²) in [7, 11) is -2.26. The van der Waals surface area contributed by atoms with E-state index >= 15 is 0 Å². The van der Waals surface area contributed by atoms with Crippen molar-refractivity contribution in [1.29, 1.82) is 0 Å². The Morgan fingerprint density at radius 3 is 2.41 bits per heavy atom. The summed E-state index contributed by atoms with van der Waals surface area (Å²) in [6, 6.07) is 11.0. The van der Waals surface area contributed by atoms with Crippen molar-refractivity contribution in [3.8, 4) is 11.5 Å². The predicted octanol–water partition coefficient (Wildman–Crippen LogP) is 3.16. The fourth-order valence-electron chi connectivity index (χ4n) is 2.20. The van der Waals surface area contributed by atoms with E-state index in [1.54, 1.807) is 38.1 Å². The average molecular weight is 457 g/mol. The lowest BCUT2D eigenvalue weighted by Gasteiger charge is -2.14. The van der Waals surface area contributed by atoms with Crippen LogP contribution in [-0.4, -0.2) is 34.1 Å². The van der Waals surface area contributed by atoms with Crippen LogP contribution in [-0.2, 0) is 14.8 Å². The second-order valence-electron chi connectivity index (χ2n) is 5.93. The first-order valence-electron chi connectivity index (χ1n) is 8.10. The minimum atomic E-state index is -3.69. The molecule has 1 amide bonds. The molecule has 2 aromatic carbocycles. The summed E-state index contributed by atoms with van der Waals surface area (Å²) in [5, 5.41) is 2.62. The monoisotopic (exact) mass is 456 g/mol. The molecule has 0 aromatic heterocycles. The number of amides is 1. The van der Waals surface area contributed by atoms with E-state index in [1.165, 1.54) is 25.3 Å². The van der Waals surface area contributed by atoms with Crippen LogP contribution in [0.5, 0.6) is 11.5 Å². The number of ether oxygens (including phenoxy) is 2. The topological polar surface area (TPSA) is 93.7 Å². The van der Waals surface area contributed by atoms with Crippen LogP contribution in [0.15, 0.2) is 51.8 Å². The number of halogens is 1. The van der Waals surface area contributed by atoms with Gasteiger partial charge in [0.15, 0.2) is 6.61 Å². The first-order valence-corrected chi connectivity index (χ1v) is 10.4. The van der Waals surface area contributed by atoms with Crippen LogP contribution in [0.25, 0.3) is 0 Å².